The van der Waals surface area contributed by atoms with Crippen molar-refractivity contribution in [3.63, 3.8) is 0 Å². The molecule has 0 aliphatic carbocycles. The highest BCUT2D eigenvalue weighted by Gasteiger charge is 2.51. The highest BCUT2D eigenvalue weighted by Crippen LogP contribution is 2.61. The van der Waals surface area contributed by atoms with Crippen molar-refractivity contribution in [3.8, 4) is 0 Å². The first-order chi connectivity index (χ1) is 18.7. The molecule has 0 aromatic carbocycles. The number of nitrogen functional groups attached to an aromatic ring is 1. The van der Waals surface area contributed by atoms with E-state index in [-0.39, 0.29) is 17.0 Å². The Morgan fingerprint density at radius 3 is 2.35 bits per heavy atom. The molecule has 2 aliphatic rings. The van der Waals surface area contributed by atoms with Crippen LogP contribution in [0.3, 0.4) is 0 Å². The van der Waals surface area contributed by atoms with Gasteiger partial charge in [0.1, 0.15) is 60.7 Å². The Morgan fingerprint density at radius 1 is 0.975 bits per heavy atom. The summed E-state index contributed by atoms with van der Waals surface area (Å²) in [6.07, 6.45) is -16.0. The number of imidazole rings is 1. The first-order valence-electron chi connectivity index (χ1n) is 11.3. The summed E-state index contributed by atoms with van der Waals surface area (Å²) in [7, 11) is -11.2. The van der Waals surface area contributed by atoms with E-state index >= 15 is 0 Å². The predicted molar refractivity (Wildman–Crippen MR) is 123 cm³/mol. The maximum absolute atomic E-state index is 12.3. The molecule has 40 heavy (non-hydrogen) atoms. The van der Waals surface area contributed by atoms with Crippen molar-refractivity contribution in [1.82, 2.24) is 19.5 Å². The Labute approximate surface area is 223 Å². The minimum Gasteiger partial charge on any atom is -0.394 e. The average Bonchev–Trinajstić information content (AvgIpc) is 3.43. The molecule has 12 atom stereocenters. The van der Waals surface area contributed by atoms with Gasteiger partial charge in [0.2, 0.25) is 0 Å². The van der Waals surface area contributed by atoms with Crippen molar-refractivity contribution in [3.05, 3.63) is 12.7 Å². The van der Waals surface area contributed by atoms with Crippen LogP contribution in [0.4, 0.5) is 5.82 Å². The van der Waals surface area contributed by atoms with E-state index in [1.54, 1.807) is 0 Å². The second-order valence-electron chi connectivity index (χ2n) is 8.74. The van der Waals surface area contributed by atoms with Gasteiger partial charge in [-0.2, -0.15) is 4.31 Å². The highest BCUT2D eigenvalue weighted by molar-refractivity contribution is 7.61. The third kappa shape index (κ3) is 6.35. The summed E-state index contributed by atoms with van der Waals surface area (Å²) in [4.78, 5) is 31.6. The Balaban J connectivity index is 1.38. The number of hydrogen-bond donors (Lipinski definition) is 10. The van der Waals surface area contributed by atoms with Gasteiger partial charge in [-0.3, -0.25) is 13.6 Å². The number of aliphatic hydroxyl groups excluding tert-OH is 7. The maximum atomic E-state index is 12.3. The van der Waals surface area contributed by atoms with Crippen molar-refractivity contribution in [2.24, 2.45) is 0 Å². The number of nitrogens with zero attached hydrogens (tertiary/aromatic N) is 4. The second-order valence-corrected chi connectivity index (χ2v) is 11.7. The van der Waals surface area contributed by atoms with Gasteiger partial charge in [-0.1, -0.05) is 0 Å². The Hall–Kier alpha value is -1.75. The van der Waals surface area contributed by atoms with E-state index < -0.39 is 90.2 Å². The smallest absolute Gasteiger partial charge is 0.394 e. The lowest BCUT2D eigenvalue weighted by atomic mass is 9.96. The zero-order chi connectivity index (χ0) is 29.6. The summed E-state index contributed by atoms with van der Waals surface area (Å²) < 4.78 is 49.6. The van der Waals surface area contributed by atoms with Crippen LogP contribution in [-0.2, 0) is 32.0 Å². The van der Waals surface area contributed by atoms with Crippen molar-refractivity contribution in [2.75, 3.05) is 18.9 Å². The Morgan fingerprint density at radius 2 is 1.68 bits per heavy atom. The van der Waals surface area contributed by atoms with Crippen LogP contribution >= 0.6 is 15.6 Å². The highest BCUT2D eigenvalue weighted by atomic mass is 31.3. The van der Waals surface area contributed by atoms with Crippen molar-refractivity contribution in [1.29, 1.82) is 0 Å². The molecule has 4 heterocycles. The number of fused-ring (bicyclic) bond motifs is 1. The molecular weight excluding hydrogens is 592 g/mol. The number of phosphoric acid groups is 2. The van der Waals surface area contributed by atoms with Gasteiger partial charge in [0.05, 0.1) is 19.5 Å². The van der Waals surface area contributed by atoms with E-state index in [4.69, 9.17) is 20.3 Å². The van der Waals surface area contributed by atoms with Crippen LogP contribution in [0.25, 0.3) is 11.2 Å². The third-order valence-electron chi connectivity index (χ3n) is 6.02. The van der Waals surface area contributed by atoms with E-state index in [9.17, 15) is 49.6 Å². The first kappa shape index (κ1) is 31.2. The summed E-state index contributed by atoms with van der Waals surface area (Å²) in [5.74, 6) is 0.0302. The fourth-order valence-corrected chi connectivity index (χ4v) is 6.17. The van der Waals surface area contributed by atoms with Crippen molar-refractivity contribution < 1.29 is 77.5 Å². The van der Waals surface area contributed by atoms with Crippen LogP contribution in [-0.4, -0.2) is 133 Å². The number of hydrogen-bond acceptors (Lipinski definition) is 18. The molecule has 0 saturated carbocycles. The summed E-state index contributed by atoms with van der Waals surface area (Å²) in [6, 6.07) is 0. The number of phosphoric ester groups is 2. The fraction of sp³-hybridized carbons (Fsp3) is 0.706. The predicted octanol–water partition coefficient (Wildman–Crippen LogP) is -4.56. The molecule has 0 bridgehead atoms. The summed E-state index contributed by atoms with van der Waals surface area (Å²) in [6.45, 7) is -1.95. The van der Waals surface area contributed by atoms with Crippen LogP contribution in [0.15, 0.2) is 12.7 Å². The molecule has 2 fully saturated rings. The van der Waals surface area contributed by atoms with Gasteiger partial charge < -0.3 is 60.7 Å². The molecule has 23 heteroatoms. The molecule has 4 rings (SSSR count). The number of rotatable bonds is 10. The Kier molecular flexibility index (Phi) is 9.25. The van der Waals surface area contributed by atoms with Gasteiger partial charge in [0.15, 0.2) is 24.0 Å². The van der Waals surface area contributed by atoms with Crippen molar-refractivity contribution >= 4 is 32.6 Å². The number of aliphatic hydroxyl groups is 7. The molecule has 2 aromatic rings. The molecule has 2 aromatic heterocycles. The zero-order valence-corrected chi connectivity index (χ0v) is 21.8. The molecule has 2 aliphatic heterocycles. The van der Waals surface area contributed by atoms with E-state index in [0.717, 1.165) is 6.33 Å². The molecule has 11 N–H and O–H groups in total. The van der Waals surface area contributed by atoms with Crippen LogP contribution in [0.1, 0.15) is 6.23 Å². The second kappa shape index (κ2) is 11.9. The lowest BCUT2D eigenvalue weighted by Gasteiger charge is -2.41. The lowest BCUT2D eigenvalue weighted by Crippen LogP contribution is -2.61. The molecular formula is C17H27N5O16P2. The van der Waals surface area contributed by atoms with Crippen LogP contribution in [0.2, 0.25) is 0 Å². The van der Waals surface area contributed by atoms with Gasteiger partial charge in [0.25, 0.3) is 0 Å². The van der Waals surface area contributed by atoms with Crippen LogP contribution < -0.4 is 5.73 Å². The third-order valence-corrected chi connectivity index (χ3v) is 8.62. The van der Waals surface area contributed by atoms with Gasteiger partial charge >= 0.3 is 15.6 Å². The minimum atomic E-state index is -5.65. The van der Waals surface area contributed by atoms with Crippen LogP contribution in [0.5, 0.6) is 0 Å². The quantitative estimate of drug-likeness (QED) is 0.112. The molecule has 2 saturated heterocycles. The Bertz CT molecular complexity index is 1290. The molecule has 226 valence electrons. The van der Waals surface area contributed by atoms with Crippen molar-refractivity contribution in [2.45, 2.75) is 61.3 Å². The summed E-state index contributed by atoms with van der Waals surface area (Å²) >= 11 is 0. The minimum absolute atomic E-state index is 0.0302. The zero-order valence-electron chi connectivity index (χ0n) is 20.0. The first-order valence-corrected chi connectivity index (χ1v) is 14.3. The average molecular weight is 619 g/mol. The van der Waals surface area contributed by atoms with Gasteiger partial charge in [-0.15, -0.1) is 0 Å². The number of nitrogens with two attached hydrogens (primary N) is 1. The molecule has 0 amide bonds. The lowest BCUT2D eigenvalue weighted by molar-refractivity contribution is -0.292. The molecule has 21 nitrogen and oxygen atoms in total. The summed E-state index contributed by atoms with van der Waals surface area (Å²) in [5.41, 5.74) is 6.03. The van der Waals surface area contributed by atoms with E-state index in [0.29, 0.717) is 0 Å². The standard InChI is InChI=1S/C17H27N5O16P2/c18-14-7-15(20-3-19-14)22(4-21-7)16-11(28)8(25)6(35-16)2-34-39(30,31)38-40(32,33)37-17-12(29)9(26)10(27)13(36-17)5(24)1-23/h3-6,8-13,16-17,23-29H,1-2H2,(H,30,31)(H,32,33)(H2,18,19,20)/t5-,6-,8?,9+,10+,11+,12?,13?,16-,17+/m1/s1. The van der Waals surface area contributed by atoms with Crippen LogP contribution in [0, 0.1) is 0 Å². The maximum Gasteiger partial charge on any atom is 0.483 e. The number of anilines is 1. The van der Waals surface area contributed by atoms with Gasteiger partial charge in [-0.25, -0.2) is 24.1 Å². The molecule has 0 radical (unpaired) electrons. The normalized spacial score (nSPS) is 36.8. The monoisotopic (exact) mass is 619 g/mol. The van der Waals surface area contributed by atoms with E-state index in [1.807, 2.05) is 0 Å². The van der Waals surface area contributed by atoms with E-state index in [2.05, 4.69) is 28.3 Å². The number of ether oxygens (including phenoxy) is 2. The summed E-state index contributed by atoms with van der Waals surface area (Å²) in [5, 5.41) is 69.3. The van der Waals surface area contributed by atoms with Gasteiger partial charge in [-0.05, 0) is 0 Å². The van der Waals surface area contributed by atoms with Gasteiger partial charge in [0, 0.05) is 0 Å². The SMILES string of the molecule is Nc1ncnc2c1ncn2[C@@H]1O[C@H](COP(=O)(O)OP(=O)(O)O[C@@H]2OC([C@H](O)CO)[C@@H](O)[C@H](O)C2O)C(O)[C@@H]1O. The molecule has 0 spiro atoms. The van der Waals surface area contributed by atoms with E-state index in [1.165, 1.54) is 10.9 Å². The fourth-order valence-electron chi connectivity index (χ4n) is 4.01. The largest absolute Gasteiger partial charge is 0.483 e. The molecule has 5 unspecified atom stereocenters. The topological polar surface area (TPSA) is 332 Å². The number of aromatic nitrogens is 4.